The average Bonchev–Trinajstić information content (AvgIpc) is 2.80. The standard InChI is InChI=1S/C11H11FN2O2S/c12-10-2-4-11(5-3-10)17(15,16)9-8-14-7-1-6-13-14/h1-7H,8-9H2. The van der Waals surface area contributed by atoms with Crippen LogP contribution in [0.5, 0.6) is 0 Å². The van der Waals surface area contributed by atoms with Crippen molar-refractivity contribution in [1.29, 1.82) is 0 Å². The van der Waals surface area contributed by atoms with Crippen LogP contribution in [0.15, 0.2) is 47.6 Å². The fourth-order valence-electron chi connectivity index (χ4n) is 1.41. The van der Waals surface area contributed by atoms with Gasteiger partial charge in [-0.3, -0.25) is 4.68 Å². The molecule has 1 aromatic carbocycles. The van der Waals surface area contributed by atoms with Crippen molar-refractivity contribution in [3.8, 4) is 0 Å². The van der Waals surface area contributed by atoms with E-state index in [-0.39, 0.29) is 17.2 Å². The number of aromatic nitrogens is 2. The Morgan fingerprint density at radius 1 is 1.24 bits per heavy atom. The Morgan fingerprint density at radius 3 is 2.53 bits per heavy atom. The summed E-state index contributed by atoms with van der Waals surface area (Å²) in [6, 6.07) is 6.55. The third-order valence-corrected chi connectivity index (χ3v) is 4.03. The van der Waals surface area contributed by atoms with Gasteiger partial charge in [-0.15, -0.1) is 0 Å². The molecule has 0 bridgehead atoms. The predicted molar refractivity (Wildman–Crippen MR) is 60.7 cm³/mol. The highest BCUT2D eigenvalue weighted by Gasteiger charge is 2.14. The highest BCUT2D eigenvalue weighted by Crippen LogP contribution is 2.12. The van der Waals surface area contributed by atoms with Crippen molar-refractivity contribution in [2.75, 3.05) is 5.75 Å². The van der Waals surface area contributed by atoms with Gasteiger partial charge in [-0.25, -0.2) is 12.8 Å². The number of sulfone groups is 1. The Kier molecular flexibility index (Phi) is 3.23. The smallest absolute Gasteiger partial charge is 0.180 e. The first-order valence-electron chi connectivity index (χ1n) is 5.04. The fraction of sp³-hybridized carbons (Fsp3) is 0.182. The Labute approximate surface area is 98.6 Å². The van der Waals surface area contributed by atoms with Crippen LogP contribution in [0.25, 0.3) is 0 Å². The van der Waals surface area contributed by atoms with Gasteiger partial charge in [-0.1, -0.05) is 0 Å². The zero-order chi connectivity index (χ0) is 12.3. The van der Waals surface area contributed by atoms with Gasteiger partial charge in [0, 0.05) is 12.4 Å². The van der Waals surface area contributed by atoms with Crippen molar-refractivity contribution in [3.63, 3.8) is 0 Å². The van der Waals surface area contributed by atoms with Crippen molar-refractivity contribution in [2.24, 2.45) is 0 Å². The highest BCUT2D eigenvalue weighted by molar-refractivity contribution is 7.91. The van der Waals surface area contributed by atoms with Crippen LogP contribution in [0, 0.1) is 5.82 Å². The molecule has 1 heterocycles. The number of hydrogen-bond acceptors (Lipinski definition) is 3. The lowest BCUT2D eigenvalue weighted by molar-refractivity contribution is 0.580. The summed E-state index contributed by atoms with van der Waals surface area (Å²) in [7, 11) is -3.38. The van der Waals surface area contributed by atoms with Gasteiger partial charge in [0.2, 0.25) is 0 Å². The molecule has 2 rings (SSSR count). The Hall–Kier alpha value is -1.69. The molecule has 4 nitrogen and oxygen atoms in total. The van der Waals surface area contributed by atoms with Crippen LogP contribution >= 0.6 is 0 Å². The molecule has 0 amide bonds. The molecule has 0 aliphatic rings. The van der Waals surface area contributed by atoms with Gasteiger partial charge in [0.05, 0.1) is 17.2 Å². The molecule has 1 aromatic heterocycles. The zero-order valence-corrected chi connectivity index (χ0v) is 9.77. The van der Waals surface area contributed by atoms with Crippen LogP contribution in [0.4, 0.5) is 4.39 Å². The van der Waals surface area contributed by atoms with Crippen molar-refractivity contribution >= 4 is 9.84 Å². The average molecular weight is 254 g/mol. The first-order chi connectivity index (χ1) is 8.08. The number of benzene rings is 1. The van der Waals surface area contributed by atoms with Gasteiger partial charge in [0.25, 0.3) is 0 Å². The van der Waals surface area contributed by atoms with Crippen LogP contribution in [0.3, 0.4) is 0 Å². The molecule has 0 aliphatic carbocycles. The van der Waals surface area contributed by atoms with E-state index in [2.05, 4.69) is 5.10 Å². The first-order valence-corrected chi connectivity index (χ1v) is 6.69. The van der Waals surface area contributed by atoms with E-state index in [0.29, 0.717) is 0 Å². The lowest BCUT2D eigenvalue weighted by Gasteiger charge is -2.04. The minimum Gasteiger partial charge on any atom is -0.272 e. The molecule has 0 atom stereocenters. The summed E-state index contributed by atoms with van der Waals surface area (Å²) in [6.45, 7) is 0.284. The minimum absolute atomic E-state index is 0.0552. The molecular weight excluding hydrogens is 243 g/mol. The molecular formula is C11H11FN2O2S. The Bertz CT molecular complexity index is 576. The van der Waals surface area contributed by atoms with Crippen LogP contribution in [0.1, 0.15) is 0 Å². The van der Waals surface area contributed by atoms with Gasteiger partial charge in [-0.05, 0) is 30.3 Å². The number of halogens is 1. The molecule has 17 heavy (non-hydrogen) atoms. The van der Waals surface area contributed by atoms with Gasteiger partial charge in [0.1, 0.15) is 5.82 Å². The summed E-state index contributed by atoms with van der Waals surface area (Å²) in [5, 5.41) is 3.92. The number of rotatable bonds is 4. The minimum atomic E-state index is -3.38. The highest BCUT2D eigenvalue weighted by atomic mass is 32.2. The maximum atomic E-state index is 12.7. The van der Waals surface area contributed by atoms with Crippen LogP contribution in [0.2, 0.25) is 0 Å². The molecule has 90 valence electrons. The summed E-state index contributed by atoms with van der Waals surface area (Å²) >= 11 is 0. The molecule has 0 N–H and O–H groups in total. The van der Waals surface area contributed by atoms with Crippen molar-refractivity contribution in [1.82, 2.24) is 9.78 Å². The van der Waals surface area contributed by atoms with E-state index < -0.39 is 15.7 Å². The Balaban J connectivity index is 2.11. The van der Waals surface area contributed by atoms with Gasteiger partial charge < -0.3 is 0 Å². The molecule has 0 spiro atoms. The summed E-state index contributed by atoms with van der Waals surface area (Å²) in [5.74, 6) is -0.503. The summed E-state index contributed by atoms with van der Waals surface area (Å²) in [5.41, 5.74) is 0. The molecule has 0 aliphatic heterocycles. The first kappa shape index (κ1) is 11.8. The second-order valence-electron chi connectivity index (χ2n) is 3.54. The second-order valence-corrected chi connectivity index (χ2v) is 5.65. The van der Waals surface area contributed by atoms with Crippen LogP contribution in [-0.2, 0) is 16.4 Å². The second kappa shape index (κ2) is 4.67. The van der Waals surface area contributed by atoms with E-state index in [1.807, 2.05) is 0 Å². The lowest BCUT2D eigenvalue weighted by atomic mass is 10.4. The topological polar surface area (TPSA) is 52.0 Å². The van der Waals surface area contributed by atoms with Gasteiger partial charge in [0.15, 0.2) is 9.84 Å². The normalized spacial score (nSPS) is 11.6. The summed E-state index contributed by atoms with van der Waals surface area (Å²) in [4.78, 5) is 0.131. The van der Waals surface area contributed by atoms with Crippen molar-refractivity contribution < 1.29 is 12.8 Å². The van der Waals surface area contributed by atoms with E-state index in [0.717, 1.165) is 12.1 Å². The van der Waals surface area contributed by atoms with E-state index in [1.165, 1.54) is 12.1 Å². The third kappa shape index (κ3) is 2.91. The predicted octanol–water partition coefficient (Wildman–Crippen LogP) is 1.50. The Morgan fingerprint density at radius 2 is 1.94 bits per heavy atom. The molecule has 0 fully saturated rings. The number of aryl methyl sites for hydroxylation is 1. The largest absolute Gasteiger partial charge is 0.272 e. The monoisotopic (exact) mass is 254 g/mol. The molecule has 6 heteroatoms. The molecule has 0 saturated carbocycles. The summed E-state index contributed by atoms with van der Waals surface area (Å²) in [6.07, 6.45) is 3.28. The van der Waals surface area contributed by atoms with Crippen molar-refractivity contribution in [2.45, 2.75) is 11.4 Å². The van der Waals surface area contributed by atoms with Gasteiger partial charge >= 0.3 is 0 Å². The lowest BCUT2D eigenvalue weighted by Crippen LogP contribution is -2.13. The summed E-state index contributed by atoms with van der Waals surface area (Å²) < 4.78 is 38.0. The fourth-order valence-corrected chi connectivity index (χ4v) is 2.62. The van der Waals surface area contributed by atoms with Crippen molar-refractivity contribution in [3.05, 3.63) is 48.5 Å². The van der Waals surface area contributed by atoms with E-state index in [9.17, 15) is 12.8 Å². The molecule has 2 aromatic rings. The van der Waals surface area contributed by atoms with E-state index in [1.54, 1.807) is 23.1 Å². The molecule has 0 saturated heterocycles. The number of nitrogens with zero attached hydrogens (tertiary/aromatic N) is 2. The van der Waals surface area contributed by atoms with Crippen LogP contribution in [-0.4, -0.2) is 24.0 Å². The van der Waals surface area contributed by atoms with Crippen LogP contribution < -0.4 is 0 Å². The maximum absolute atomic E-state index is 12.7. The molecule has 0 radical (unpaired) electrons. The zero-order valence-electron chi connectivity index (χ0n) is 8.95. The van der Waals surface area contributed by atoms with E-state index in [4.69, 9.17) is 0 Å². The van der Waals surface area contributed by atoms with E-state index >= 15 is 0 Å². The third-order valence-electron chi connectivity index (χ3n) is 2.32. The number of hydrogen-bond donors (Lipinski definition) is 0. The molecule has 0 unspecified atom stereocenters. The SMILES string of the molecule is O=S(=O)(CCn1cccn1)c1ccc(F)cc1. The maximum Gasteiger partial charge on any atom is 0.180 e. The van der Waals surface area contributed by atoms with Gasteiger partial charge in [-0.2, -0.15) is 5.10 Å². The quantitative estimate of drug-likeness (QED) is 0.777.